The van der Waals surface area contributed by atoms with Gasteiger partial charge in [0.1, 0.15) is 6.33 Å². The van der Waals surface area contributed by atoms with E-state index < -0.39 is 11.7 Å². The molecule has 0 unspecified atom stereocenters. The summed E-state index contributed by atoms with van der Waals surface area (Å²) in [6, 6.07) is 4.87. The van der Waals surface area contributed by atoms with Crippen LogP contribution in [0.1, 0.15) is 17.8 Å². The first-order valence-corrected chi connectivity index (χ1v) is 8.85. The van der Waals surface area contributed by atoms with Crippen LogP contribution in [0.25, 0.3) is 17.0 Å². The molecule has 0 radical (unpaired) electrons. The van der Waals surface area contributed by atoms with Gasteiger partial charge in [-0.3, -0.25) is 0 Å². The van der Waals surface area contributed by atoms with Gasteiger partial charge in [-0.15, -0.1) is 0 Å². The van der Waals surface area contributed by atoms with Gasteiger partial charge in [0.05, 0.1) is 11.1 Å². The highest BCUT2D eigenvalue weighted by Gasteiger charge is 2.30. The Morgan fingerprint density at radius 1 is 1.00 bits per heavy atom. The van der Waals surface area contributed by atoms with E-state index >= 15 is 0 Å². The molecule has 0 atom stereocenters. The molecular weight excluding hydrogens is 383 g/mol. The van der Waals surface area contributed by atoms with E-state index in [9.17, 15) is 13.2 Å². The lowest BCUT2D eigenvalue weighted by molar-refractivity contribution is -0.137. The van der Waals surface area contributed by atoms with E-state index in [1.165, 1.54) is 18.5 Å². The first kappa shape index (κ1) is 18.9. The Labute approximate surface area is 164 Å². The van der Waals surface area contributed by atoms with Gasteiger partial charge < -0.3 is 10.6 Å². The second-order valence-corrected chi connectivity index (χ2v) is 6.32. The normalized spacial score (nSPS) is 14.4. The molecule has 0 fully saturated rings. The molecule has 0 saturated heterocycles. The Morgan fingerprint density at radius 3 is 2.52 bits per heavy atom. The molecule has 1 aliphatic heterocycles. The van der Waals surface area contributed by atoms with E-state index in [4.69, 9.17) is 0 Å². The number of halogens is 3. The molecule has 3 aromatic rings. The average Bonchev–Trinajstić information content (AvgIpc) is 2.74. The van der Waals surface area contributed by atoms with Crippen LogP contribution in [0.4, 0.5) is 24.8 Å². The summed E-state index contributed by atoms with van der Waals surface area (Å²) in [7, 11) is 0. The monoisotopic (exact) mass is 399 g/mol. The van der Waals surface area contributed by atoms with Crippen molar-refractivity contribution in [3.8, 4) is 11.4 Å². The van der Waals surface area contributed by atoms with Gasteiger partial charge >= 0.3 is 6.18 Å². The van der Waals surface area contributed by atoms with Crippen molar-refractivity contribution in [3.05, 3.63) is 60.5 Å². The summed E-state index contributed by atoms with van der Waals surface area (Å²) in [5.41, 5.74) is 0.996. The molecule has 3 heterocycles. The zero-order valence-electron chi connectivity index (χ0n) is 15.1. The molecule has 2 N–H and O–H groups in total. The number of benzene rings is 1. The molecule has 0 spiro atoms. The third-order valence-electron chi connectivity index (χ3n) is 4.25. The summed E-state index contributed by atoms with van der Waals surface area (Å²) in [6.07, 6.45) is 2.81. The minimum Gasteiger partial charge on any atom is -0.324 e. The van der Waals surface area contributed by atoms with Gasteiger partial charge in [0.2, 0.25) is 5.95 Å². The van der Waals surface area contributed by atoms with Crippen molar-refractivity contribution in [2.45, 2.75) is 12.6 Å². The van der Waals surface area contributed by atoms with Crippen molar-refractivity contribution < 1.29 is 13.2 Å². The van der Waals surface area contributed by atoms with Crippen LogP contribution in [0.15, 0.2) is 49.1 Å². The number of alkyl halides is 3. The van der Waals surface area contributed by atoms with Crippen LogP contribution < -0.4 is 10.6 Å². The third-order valence-corrected chi connectivity index (χ3v) is 4.25. The fourth-order valence-corrected chi connectivity index (χ4v) is 2.85. The minimum atomic E-state index is -4.44. The molecule has 7 nitrogen and oxygen atoms in total. The van der Waals surface area contributed by atoms with Crippen molar-refractivity contribution >= 4 is 17.2 Å². The Hall–Kier alpha value is -3.40. The summed E-state index contributed by atoms with van der Waals surface area (Å²) >= 11 is 0. The van der Waals surface area contributed by atoms with E-state index in [2.05, 4.69) is 35.6 Å². The molecule has 0 saturated carbocycles. The first-order valence-electron chi connectivity index (χ1n) is 8.85. The molecular formula is C19H16F3N7. The summed E-state index contributed by atoms with van der Waals surface area (Å²) in [5.74, 6) is 0.951. The van der Waals surface area contributed by atoms with Crippen LogP contribution in [-0.4, -0.2) is 38.0 Å². The number of rotatable bonds is 4. The summed E-state index contributed by atoms with van der Waals surface area (Å²) in [4.78, 5) is 21.2. The fourth-order valence-electron chi connectivity index (χ4n) is 2.85. The molecule has 1 aliphatic rings. The standard InChI is InChI=1S/C19H16F3N7/c20-19(21,22)14-2-1-3-15(8-14)26-18-28-16(12-4-6-23-7-5-12)27-17(29-18)13-9-24-11-25-10-13/h1-4,8-11,23H,5-7H2,(H,26,27,28,29). The predicted octanol–water partition coefficient (Wildman–Crippen LogP) is 3.47. The number of nitrogens with one attached hydrogen (secondary N) is 2. The lowest BCUT2D eigenvalue weighted by Crippen LogP contribution is -2.21. The first-order chi connectivity index (χ1) is 14.0. The van der Waals surface area contributed by atoms with E-state index in [1.54, 1.807) is 12.4 Å². The summed E-state index contributed by atoms with van der Waals surface area (Å²) < 4.78 is 39.0. The van der Waals surface area contributed by atoms with Crippen molar-refractivity contribution in [2.75, 3.05) is 18.4 Å². The van der Waals surface area contributed by atoms with Gasteiger partial charge in [0.25, 0.3) is 0 Å². The zero-order chi connectivity index (χ0) is 20.3. The maximum Gasteiger partial charge on any atom is 0.416 e. The molecule has 4 rings (SSSR count). The van der Waals surface area contributed by atoms with Crippen LogP contribution in [0.5, 0.6) is 0 Å². The van der Waals surface area contributed by atoms with Gasteiger partial charge in [-0.1, -0.05) is 12.1 Å². The van der Waals surface area contributed by atoms with Crippen LogP contribution in [0.2, 0.25) is 0 Å². The lowest BCUT2D eigenvalue weighted by Gasteiger charge is -2.15. The fraction of sp³-hybridized carbons (Fsp3) is 0.211. The quantitative estimate of drug-likeness (QED) is 0.694. The molecule has 0 aliphatic carbocycles. The Bertz CT molecular complexity index is 1040. The molecule has 148 valence electrons. The van der Waals surface area contributed by atoms with Crippen LogP contribution in [0, 0.1) is 0 Å². The smallest absolute Gasteiger partial charge is 0.324 e. The molecule has 10 heteroatoms. The number of hydrogen-bond acceptors (Lipinski definition) is 7. The number of nitrogens with zero attached hydrogens (tertiary/aromatic N) is 5. The lowest BCUT2D eigenvalue weighted by atomic mass is 10.1. The van der Waals surface area contributed by atoms with Crippen LogP contribution >= 0.6 is 0 Å². The van der Waals surface area contributed by atoms with Gasteiger partial charge in [-0.25, -0.2) is 15.0 Å². The maximum atomic E-state index is 13.0. The van der Waals surface area contributed by atoms with Crippen molar-refractivity contribution in [1.82, 2.24) is 30.2 Å². The number of anilines is 2. The van der Waals surface area contributed by atoms with E-state index in [0.717, 1.165) is 30.7 Å². The second kappa shape index (κ2) is 7.92. The Balaban J connectivity index is 1.73. The van der Waals surface area contributed by atoms with Crippen LogP contribution in [0.3, 0.4) is 0 Å². The van der Waals surface area contributed by atoms with Gasteiger partial charge in [-0.2, -0.15) is 23.1 Å². The Morgan fingerprint density at radius 2 is 1.79 bits per heavy atom. The van der Waals surface area contributed by atoms with Gasteiger partial charge in [0, 0.05) is 24.6 Å². The van der Waals surface area contributed by atoms with Crippen LogP contribution in [-0.2, 0) is 6.18 Å². The largest absolute Gasteiger partial charge is 0.416 e. The minimum absolute atomic E-state index is 0.146. The maximum absolute atomic E-state index is 13.0. The SMILES string of the molecule is FC(F)(F)c1cccc(Nc2nc(C3=CCNCC3)nc(-c3cncnc3)n2)c1. The van der Waals surface area contributed by atoms with E-state index in [-0.39, 0.29) is 11.6 Å². The highest BCUT2D eigenvalue weighted by atomic mass is 19.4. The highest BCUT2D eigenvalue weighted by Crippen LogP contribution is 2.31. The predicted molar refractivity (Wildman–Crippen MR) is 101 cm³/mol. The Kier molecular flexibility index (Phi) is 5.17. The molecule has 0 amide bonds. The topological polar surface area (TPSA) is 88.5 Å². The molecule has 0 bridgehead atoms. The van der Waals surface area contributed by atoms with Crippen molar-refractivity contribution in [1.29, 1.82) is 0 Å². The van der Waals surface area contributed by atoms with Gasteiger partial charge in [0.15, 0.2) is 11.6 Å². The average molecular weight is 399 g/mol. The number of aromatic nitrogens is 5. The molecule has 29 heavy (non-hydrogen) atoms. The van der Waals surface area contributed by atoms with E-state index in [1.807, 2.05) is 6.08 Å². The molecule has 1 aromatic carbocycles. The highest BCUT2D eigenvalue weighted by molar-refractivity contribution is 5.66. The number of hydrogen-bond donors (Lipinski definition) is 2. The van der Waals surface area contributed by atoms with Gasteiger partial charge in [-0.05, 0) is 36.7 Å². The molecule has 2 aromatic heterocycles. The second-order valence-electron chi connectivity index (χ2n) is 6.32. The van der Waals surface area contributed by atoms with E-state index in [0.29, 0.717) is 23.8 Å². The van der Waals surface area contributed by atoms with Crippen molar-refractivity contribution in [3.63, 3.8) is 0 Å². The summed E-state index contributed by atoms with van der Waals surface area (Å²) in [6.45, 7) is 1.48. The zero-order valence-corrected chi connectivity index (χ0v) is 15.1. The summed E-state index contributed by atoms with van der Waals surface area (Å²) in [5, 5.41) is 6.08. The van der Waals surface area contributed by atoms with Crippen molar-refractivity contribution in [2.24, 2.45) is 0 Å². The third kappa shape index (κ3) is 4.54.